The molecule has 2 aromatic heterocycles. The summed E-state index contributed by atoms with van der Waals surface area (Å²) in [7, 11) is 1.82. The molecule has 3 rings (SSSR count). The molecule has 21 heavy (non-hydrogen) atoms. The van der Waals surface area contributed by atoms with Gasteiger partial charge in [-0.05, 0) is 33.7 Å². The molecule has 114 valence electrons. The molecule has 1 fully saturated rings. The highest BCUT2D eigenvalue weighted by Gasteiger charge is 2.26. The average molecular weight is 291 g/mol. The Morgan fingerprint density at radius 3 is 2.62 bits per heavy atom. The highest BCUT2D eigenvalue weighted by molar-refractivity contribution is 5.71. The van der Waals surface area contributed by atoms with Crippen LogP contribution in [0.3, 0.4) is 0 Å². The number of aryl methyl sites for hydroxylation is 2. The summed E-state index contributed by atoms with van der Waals surface area (Å²) in [5.41, 5.74) is 0.507. The van der Waals surface area contributed by atoms with Crippen molar-refractivity contribution in [2.75, 3.05) is 13.1 Å². The highest BCUT2D eigenvalue weighted by atomic mass is 16.2. The Hall–Kier alpha value is -1.89. The van der Waals surface area contributed by atoms with Crippen LogP contribution < -0.4 is 16.6 Å². The highest BCUT2D eigenvalue weighted by Crippen LogP contribution is 2.16. The van der Waals surface area contributed by atoms with Crippen molar-refractivity contribution < 1.29 is 0 Å². The van der Waals surface area contributed by atoms with Crippen LogP contribution in [0.25, 0.3) is 11.2 Å². The summed E-state index contributed by atoms with van der Waals surface area (Å²) in [6, 6.07) is -0.120. The van der Waals surface area contributed by atoms with Crippen LogP contribution in [0.1, 0.15) is 38.2 Å². The number of nitrogens with one attached hydrogen (secondary N) is 1. The lowest BCUT2D eigenvalue weighted by Gasteiger charge is -2.17. The monoisotopic (exact) mass is 291 g/mol. The van der Waals surface area contributed by atoms with Crippen LogP contribution >= 0.6 is 0 Å². The van der Waals surface area contributed by atoms with Crippen LogP contribution in [0.15, 0.2) is 9.59 Å². The number of aromatic nitrogens is 4. The third kappa shape index (κ3) is 1.95. The zero-order chi connectivity index (χ0) is 15.3. The summed E-state index contributed by atoms with van der Waals surface area (Å²) < 4.78 is 4.81. The number of fused-ring (bicyclic) bond motifs is 1. The topological polar surface area (TPSA) is 73.8 Å². The molecule has 1 unspecified atom stereocenters. The second-order valence-corrected chi connectivity index (χ2v) is 5.96. The van der Waals surface area contributed by atoms with Gasteiger partial charge in [0.1, 0.15) is 5.82 Å². The van der Waals surface area contributed by atoms with Gasteiger partial charge in [0.25, 0.3) is 5.56 Å². The molecule has 1 saturated heterocycles. The number of rotatable bonds is 2. The van der Waals surface area contributed by atoms with Crippen LogP contribution in [0, 0.1) is 6.92 Å². The van der Waals surface area contributed by atoms with Crippen LogP contribution in [0.5, 0.6) is 0 Å². The van der Waals surface area contributed by atoms with Gasteiger partial charge in [-0.3, -0.25) is 13.9 Å². The molecule has 1 atom stereocenters. The van der Waals surface area contributed by atoms with Gasteiger partial charge in [-0.25, -0.2) is 9.78 Å². The smallest absolute Gasteiger partial charge is 0.325 e. The molecule has 0 bridgehead atoms. The lowest BCUT2D eigenvalue weighted by molar-refractivity contribution is 0.462. The molecule has 0 aromatic carbocycles. The zero-order valence-electron chi connectivity index (χ0n) is 12.9. The predicted octanol–water partition coefficient (Wildman–Crippen LogP) is 0.320. The van der Waals surface area contributed by atoms with Crippen molar-refractivity contribution in [1.82, 2.24) is 24.0 Å². The van der Waals surface area contributed by atoms with Crippen LogP contribution in [0.2, 0.25) is 0 Å². The van der Waals surface area contributed by atoms with E-state index in [2.05, 4.69) is 10.3 Å². The Bertz CT molecular complexity index is 805. The van der Waals surface area contributed by atoms with Gasteiger partial charge in [0.15, 0.2) is 11.2 Å². The van der Waals surface area contributed by atoms with E-state index in [0.717, 1.165) is 18.8 Å². The van der Waals surface area contributed by atoms with Gasteiger partial charge < -0.3 is 9.88 Å². The van der Waals surface area contributed by atoms with E-state index in [-0.39, 0.29) is 23.3 Å². The molecular formula is C14H21N5O2. The molecule has 0 radical (unpaired) electrons. The third-order valence-electron chi connectivity index (χ3n) is 4.28. The third-order valence-corrected chi connectivity index (χ3v) is 4.28. The summed E-state index contributed by atoms with van der Waals surface area (Å²) in [6.45, 7) is 7.21. The number of hydrogen-bond donors (Lipinski definition) is 1. The van der Waals surface area contributed by atoms with E-state index in [1.165, 1.54) is 4.57 Å². The van der Waals surface area contributed by atoms with Gasteiger partial charge in [-0.2, -0.15) is 0 Å². The molecule has 3 heterocycles. The summed E-state index contributed by atoms with van der Waals surface area (Å²) in [6.07, 6.45) is 0.801. The van der Waals surface area contributed by atoms with E-state index in [9.17, 15) is 9.59 Å². The second kappa shape index (κ2) is 4.84. The first-order chi connectivity index (χ1) is 9.93. The van der Waals surface area contributed by atoms with Crippen molar-refractivity contribution in [2.24, 2.45) is 7.05 Å². The fraction of sp³-hybridized carbons (Fsp3) is 0.643. The van der Waals surface area contributed by atoms with Gasteiger partial charge in [-0.15, -0.1) is 0 Å². The Labute approximate surface area is 122 Å². The number of imidazole rings is 1. The standard InChI is InChI=1S/C14H21N5O2/c1-8(2)18-12-11(17(4)9(3)16-12)13(20)19(14(18)21)10-5-6-15-7-10/h8,10,15H,5-7H2,1-4H3. The minimum Gasteiger partial charge on any atom is -0.325 e. The van der Waals surface area contributed by atoms with E-state index in [4.69, 9.17) is 0 Å². The molecule has 1 aliphatic heterocycles. The molecular weight excluding hydrogens is 270 g/mol. The molecule has 7 heteroatoms. The fourth-order valence-corrected chi connectivity index (χ4v) is 3.05. The number of nitrogens with zero attached hydrogens (tertiary/aromatic N) is 4. The Morgan fingerprint density at radius 1 is 1.33 bits per heavy atom. The van der Waals surface area contributed by atoms with Gasteiger partial charge in [0.2, 0.25) is 0 Å². The van der Waals surface area contributed by atoms with Crippen LogP contribution in [-0.4, -0.2) is 31.8 Å². The zero-order valence-corrected chi connectivity index (χ0v) is 12.9. The first-order valence-corrected chi connectivity index (χ1v) is 7.34. The summed E-state index contributed by atoms with van der Waals surface area (Å²) >= 11 is 0. The Kier molecular flexibility index (Phi) is 3.24. The van der Waals surface area contributed by atoms with Crippen molar-refractivity contribution >= 4 is 11.2 Å². The quantitative estimate of drug-likeness (QED) is 0.865. The normalized spacial score (nSPS) is 19.0. The van der Waals surface area contributed by atoms with Crippen molar-refractivity contribution in [3.05, 3.63) is 26.7 Å². The predicted molar refractivity (Wildman–Crippen MR) is 80.9 cm³/mol. The maximum atomic E-state index is 12.8. The van der Waals surface area contributed by atoms with Gasteiger partial charge >= 0.3 is 5.69 Å². The molecule has 1 aliphatic rings. The number of hydrogen-bond acceptors (Lipinski definition) is 4. The molecule has 7 nitrogen and oxygen atoms in total. The average Bonchev–Trinajstić information content (AvgIpc) is 2.99. The molecule has 2 aromatic rings. The van der Waals surface area contributed by atoms with Crippen molar-refractivity contribution in [1.29, 1.82) is 0 Å². The maximum absolute atomic E-state index is 12.8. The molecule has 0 saturated carbocycles. The summed E-state index contributed by atoms with van der Waals surface area (Å²) in [5.74, 6) is 0.734. The summed E-state index contributed by atoms with van der Waals surface area (Å²) in [5, 5.41) is 3.21. The van der Waals surface area contributed by atoms with E-state index in [0.29, 0.717) is 17.7 Å². The SMILES string of the molecule is Cc1nc2c(c(=O)n(C3CCNC3)c(=O)n2C(C)C)n1C. The van der Waals surface area contributed by atoms with E-state index in [1.54, 1.807) is 9.13 Å². The minimum absolute atomic E-state index is 0.0458. The minimum atomic E-state index is -0.255. The van der Waals surface area contributed by atoms with Crippen LogP contribution in [0.4, 0.5) is 0 Å². The molecule has 1 N–H and O–H groups in total. The van der Waals surface area contributed by atoms with E-state index < -0.39 is 0 Å². The van der Waals surface area contributed by atoms with Gasteiger partial charge in [0.05, 0.1) is 6.04 Å². The van der Waals surface area contributed by atoms with Crippen molar-refractivity contribution in [2.45, 2.75) is 39.3 Å². The summed E-state index contributed by atoms with van der Waals surface area (Å²) in [4.78, 5) is 30.0. The molecule has 0 aliphatic carbocycles. The Balaban J connectivity index is 2.46. The molecule has 0 spiro atoms. The largest absolute Gasteiger partial charge is 0.333 e. The first kappa shape index (κ1) is 14.1. The van der Waals surface area contributed by atoms with Crippen molar-refractivity contribution in [3.63, 3.8) is 0 Å². The van der Waals surface area contributed by atoms with Crippen LogP contribution in [-0.2, 0) is 7.05 Å². The lowest BCUT2D eigenvalue weighted by Crippen LogP contribution is -2.43. The maximum Gasteiger partial charge on any atom is 0.333 e. The van der Waals surface area contributed by atoms with Gasteiger partial charge in [-0.1, -0.05) is 0 Å². The van der Waals surface area contributed by atoms with E-state index >= 15 is 0 Å². The second-order valence-electron chi connectivity index (χ2n) is 5.96. The van der Waals surface area contributed by atoms with Gasteiger partial charge in [0, 0.05) is 19.6 Å². The fourth-order valence-electron chi connectivity index (χ4n) is 3.05. The Morgan fingerprint density at radius 2 is 2.05 bits per heavy atom. The van der Waals surface area contributed by atoms with Crippen molar-refractivity contribution in [3.8, 4) is 0 Å². The van der Waals surface area contributed by atoms with E-state index in [1.807, 2.05) is 27.8 Å². The lowest BCUT2D eigenvalue weighted by atomic mass is 10.2. The molecule has 0 amide bonds. The first-order valence-electron chi connectivity index (χ1n) is 7.34.